The summed E-state index contributed by atoms with van der Waals surface area (Å²) in [4.78, 5) is 23.7. The van der Waals surface area contributed by atoms with E-state index >= 15 is 0 Å². The van der Waals surface area contributed by atoms with Crippen LogP contribution in [0.4, 0.5) is 5.69 Å². The van der Waals surface area contributed by atoms with E-state index in [0.717, 1.165) is 0 Å². The number of carbonyl (C=O) groups excluding carboxylic acids is 2. The van der Waals surface area contributed by atoms with Crippen molar-refractivity contribution in [2.24, 2.45) is 5.92 Å². The number of aryl methyl sites for hydroxylation is 1. The van der Waals surface area contributed by atoms with E-state index in [-0.39, 0.29) is 42.3 Å². The topological polar surface area (TPSA) is 114 Å². The predicted molar refractivity (Wildman–Crippen MR) is 102 cm³/mol. The van der Waals surface area contributed by atoms with Crippen LogP contribution < -0.4 is 15.4 Å². The van der Waals surface area contributed by atoms with Crippen LogP contribution in [0, 0.1) is 12.8 Å². The molecule has 1 aromatic carbocycles. The van der Waals surface area contributed by atoms with Crippen LogP contribution in [0.1, 0.15) is 18.4 Å². The first-order valence-corrected chi connectivity index (χ1v) is 10.6. The van der Waals surface area contributed by atoms with E-state index < -0.39 is 10.0 Å². The van der Waals surface area contributed by atoms with Gasteiger partial charge < -0.3 is 20.1 Å². The van der Waals surface area contributed by atoms with Gasteiger partial charge in [0.1, 0.15) is 5.75 Å². The molecular formula is C18H25N3O6S. The second kappa shape index (κ2) is 8.46. The van der Waals surface area contributed by atoms with E-state index in [1.54, 1.807) is 20.1 Å². The molecule has 0 radical (unpaired) electrons. The van der Waals surface area contributed by atoms with Crippen molar-refractivity contribution in [1.82, 2.24) is 9.62 Å². The first-order chi connectivity index (χ1) is 13.3. The molecule has 2 aliphatic heterocycles. The fourth-order valence-corrected chi connectivity index (χ4v) is 5.10. The van der Waals surface area contributed by atoms with E-state index in [0.29, 0.717) is 43.0 Å². The third-order valence-corrected chi connectivity index (χ3v) is 7.00. The number of ether oxygens (including phenoxy) is 2. The molecule has 0 unspecified atom stereocenters. The van der Waals surface area contributed by atoms with Gasteiger partial charge in [-0.3, -0.25) is 9.59 Å². The third-order valence-electron chi connectivity index (χ3n) is 4.96. The van der Waals surface area contributed by atoms with E-state index in [9.17, 15) is 18.0 Å². The van der Waals surface area contributed by atoms with Gasteiger partial charge in [-0.15, -0.1) is 0 Å². The highest BCUT2D eigenvalue weighted by molar-refractivity contribution is 7.89. The Balaban J connectivity index is 1.69. The molecular weight excluding hydrogens is 386 g/mol. The quantitative estimate of drug-likeness (QED) is 0.659. The number of rotatable bonds is 6. The zero-order chi connectivity index (χ0) is 20.3. The molecule has 0 bridgehead atoms. The molecule has 1 fully saturated rings. The maximum absolute atomic E-state index is 13.1. The molecule has 1 saturated heterocycles. The van der Waals surface area contributed by atoms with E-state index in [4.69, 9.17) is 9.47 Å². The van der Waals surface area contributed by atoms with Crippen LogP contribution in [0.3, 0.4) is 0 Å². The van der Waals surface area contributed by atoms with Gasteiger partial charge >= 0.3 is 0 Å². The normalized spacial score (nSPS) is 18.1. The second-order valence-electron chi connectivity index (χ2n) is 6.91. The number of methoxy groups -OCH3 is 1. The molecule has 0 saturated carbocycles. The van der Waals surface area contributed by atoms with E-state index in [2.05, 4.69) is 10.6 Å². The number of fused-ring (bicyclic) bond motifs is 1. The van der Waals surface area contributed by atoms with Gasteiger partial charge in [0.15, 0.2) is 6.61 Å². The van der Waals surface area contributed by atoms with Gasteiger partial charge in [-0.2, -0.15) is 4.31 Å². The van der Waals surface area contributed by atoms with Crippen molar-refractivity contribution in [2.45, 2.75) is 24.7 Å². The maximum Gasteiger partial charge on any atom is 0.262 e. The SMILES string of the molecule is COCCNC(=O)C1CCN(S(=O)(=O)c2cc3c(cc2C)NC(=O)CO3)CC1. The fourth-order valence-electron chi connectivity index (χ4n) is 3.41. The molecule has 2 amide bonds. The van der Waals surface area contributed by atoms with Crippen LogP contribution in [-0.2, 0) is 24.3 Å². The Morgan fingerprint density at radius 3 is 2.75 bits per heavy atom. The minimum atomic E-state index is -3.72. The van der Waals surface area contributed by atoms with Gasteiger partial charge in [-0.1, -0.05) is 0 Å². The highest BCUT2D eigenvalue weighted by Gasteiger charge is 2.33. The standard InChI is InChI=1S/C18H25N3O6S/c1-12-9-14-15(27-11-17(22)20-14)10-16(12)28(24,25)21-6-3-13(4-7-21)18(23)19-5-8-26-2/h9-10,13H,3-8,11H2,1-2H3,(H,19,23)(H,20,22). The van der Waals surface area contributed by atoms with Gasteiger partial charge in [-0.05, 0) is 31.4 Å². The molecule has 0 spiro atoms. The number of piperidine rings is 1. The van der Waals surface area contributed by atoms with Crippen molar-refractivity contribution in [1.29, 1.82) is 0 Å². The number of hydrogen-bond donors (Lipinski definition) is 2. The fraction of sp³-hybridized carbons (Fsp3) is 0.556. The number of amides is 2. The maximum atomic E-state index is 13.1. The minimum Gasteiger partial charge on any atom is -0.482 e. The van der Waals surface area contributed by atoms with Gasteiger partial charge in [-0.25, -0.2) is 8.42 Å². The van der Waals surface area contributed by atoms with E-state index in [1.807, 2.05) is 0 Å². The van der Waals surface area contributed by atoms with Crippen molar-refractivity contribution in [3.8, 4) is 5.75 Å². The molecule has 2 heterocycles. The number of nitrogens with zero attached hydrogens (tertiary/aromatic N) is 1. The summed E-state index contributed by atoms with van der Waals surface area (Å²) in [6, 6.07) is 3.07. The monoisotopic (exact) mass is 411 g/mol. The lowest BCUT2D eigenvalue weighted by molar-refractivity contribution is -0.126. The molecule has 10 heteroatoms. The Kier molecular flexibility index (Phi) is 6.21. The van der Waals surface area contributed by atoms with Gasteiger partial charge in [0.25, 0.3) is 5.91 Å². The summed E-state index contributed by atoms with van der Waals surface area (Å²) in [5, 5.41) is 5.47. The molecule has 0 atom stereocenters. The first kappa shape index (κ1) is 20.6. The summed E-state index contributed by atoms with van der Waals surface area (Å²) in [5.41, 5.74) is 1.00. The molecule has 154 valence electrons. The number of hydrogen-bond acceptors (Lipinski definition) is 6. The third kappa shape index (κ3) is 4.29. The average molecular weight is 411 g/mol. The molecule has 0 aromatic heterocycles. The van der Waals surface area contributed by atoms with Crippen molar-refractivity contribution in [2.75, 3.05) is 45.3 Å². The molecule has 0 aliphatic carbocycles. The molecule has 28 heavy (non-hydrogen) atoms. The summed E-state index contributed by atoms with van der Waals surface area (Å²) in [5.74, 6) is -0.195. The second-order valence-corrected chi connectivity index (χ2v) is 8.82. The van der Waals surface area contributed by atoms with Crippen molar-refractivity contribution >= 4 is 27.5 Å². The molecule has 3 rings (SSSR count). The summed E-state index contributed by atoms with van der Waals surface area (Å²) in [6.07, 6.45) is 0.934. The van der Waals surface area contributed by atoms with Gasteiger partial charge in [0.2, 0.25) is 15.9 Å². The molecule has 9 nitrogen and oxygen atoms in total. The van der Waals surface area contributed by atoms with E-state index in [1.165, 1.54) is 10.4 Å². The Morgan fingerprint density at radius 1 is 1.36 bits per heavy atom. The zero-order valence-electron chi connectivity index (χ0n) is 16.0. The summed E-state index contributed by atoms with van der Waals surface area (Å²) in [7, 11) is -2.15. The number of benzene rings is 1. The van der Waals surface area contributed by atoms with Crippen LogP contribution in [0.5, 0.6) is 5.75 Å². The van der Waals surface area contributed by atoms with Crippen molar-refractivity contribution in [3.63, 3.8) is 0 Å². The average Bonchev–Trinajstić information content (AvgIpc) is 2.67. The van der Waals surface area contributed by atoms with Crippen LogP contribution in [-0.4, -0.2) is 64.5 Å². The Morgan fingerprint density at radius 2 is 2.07 bits per heavy atom. The van der Waals surface area contributed by atoms with Gasteiger partial charge in [0, 0.05) is 38.7 Å². The Labute approximate surface area is 164 Å². The number of carbonyl (C=O) groups is 2. The molecule has 1 aromatic rings. The lowest BCUT2D eigenvalue weighted by atomic mass is 9.97. The molecule has 2 aliphatic rings. The minimum absolute atomic E-state index is 0.0665. The number of nitrogens with one attached hydrogen (secondary N) is 2. The smallest absolute Gasteiger partial charge is 0.262 e. The Hall–Kier alpha value is -2.17. The lowest BCUT2D eigenvalue weighted by Gasteiger charge is -2.31. The summed E-state index contributed by atoms with van der Waals surface area (Å²) in [6.45, 7) is 2.98. The first-order valence-electron chi connectivity index (χ1n) is 9.17. The van der Waals surface area contributed by atoms with Crippen molar-refractivity contribution in [3.05, 3.63) is 17.7 Å². The van der Waals surface area contributed by atoms with Crippen molar-refractivity contribution < 1.29 is 27.5 Å². The predicted octanol–water partition coefficient (Wildman–Crippen LogP) is 0.489. The summed E-state index contributed by atoms with van der Waals surface area (Å²) >= 11 is 0. The highest BCUT2D eigenvalue weighted by atomic mass is 32.2. The highest BCUT2D eigenvalue weighted by Crippen LogP contribution is 2.35. The van der Waals surface area contributed by atoms with Crippen LogP contribution >= 0.6 is 0 Å². The zero-order valence-corrected chi connectivity index (χ0v) is 16.8. The van der Waals surface area contributed by atoms with Crippen LogP contribution in [0.15, 0.2) is 17.0 Å². The number of sulfonamides is 1. The number of anilines is 1. The van der Waals surface area contributed by atoms with Crippen LogP contribution in [0.2, 0.25) is 0 Å². The molecule has 2 N–H and O–H groups in total. The Bertz CT molecular complexity index is 862. The lowest BCUT2D eigenvalue weighted by Crippen LogP contribution is -2.43. The largest absolute Gasteiger partial charge is 0.482 e. The van der Waals surface area contributed by atoms with Gasteiger partial charge in [0.05, 0.1) is 17.2 Å². The summed E-state index contributed by atoms with van der Waals surface area (Å²) < 4.78 is 37.9. The van der Waals surface area contributed by atoms with Crippen LogP contribution in [0.25, 0.3) is 0 Å².